The molecule has 0 atom stereocenters. The molecule has 0 bridgehead atoms. The van der Waals surface area contributed by atoms with Gasteiger partial charge in [-0.25, -0.2) is 4.98 Å². The molecule has 0 unspecified atom stereocenters. The normalized spacial score (nSPS) is 11.5. The summed E-state index contributed by atoms with van der Waals surface area (Å²) < 4.78 is 4.77. The molecule has 3 aromatic heterocycles. The van der Waals surface area contributed by atoms with Crippen LogP contribution in [0.1, 0.15) is 5.56 Å². The fourth-order valence-corrected chi connectivity index (χ4v) is 8.85. The molecule has 0 aliphatic rings. The van der Waals surface area contributed by atoms with Gasteiger partial charge in [0.1, 0.15) is 5.82 Å². The summed E-state index contributed by atoms with van der Waals surface area (Å²) in [6, 6.07) is 73.9. The molecule has 0 radical (unpaired) electrons. The molecule has 3 nitrogen and oxygen atoms in total. The summed E-state index contributed by atoms with van der Waals surface area (Å²) in [6.07, 6.45) is 1.94. The molecule has 11 aromatic rings. The van der Waals surface area contributed by atoms with Gasteiger partial charge in [0, 0.05) is 32.8 Å². The highest BCUT2D eigenvalue weighted by Crippen LogP contribution is 2.44. The van der Waals surface area contributed by atoms with Crippen LogP contribution in [0.2, 0.25) is 0 Å². The SMILES string of the molecule is C=Cc1ccc2c(c1)c1c(-c3cccc4c3c3ccccc3n4-c3cc(-c4ccccc4)cc(-c4ccccc4)n3)cccc1n2-c1cccc(-c2ccccc2)c1. The molecule has 0 fully saturated rings. The Labute approximate surface area is 337 Å². The van der Waals surface area contributed by atoms with Crippen molar-refractivity contribution in [2.75, 3.05) is 0 Å². The Balaban J connectivity index is 1.19. The molecule has 0 N–H and O–H groups in total. The predicted octanol–water partition coefficient (Wildman–Crippen LogP) is 14.6. The number of hydrogen-bond acceptors (Lipinski definition) is 1. The van der Waals surface area contributed by atoms with Gasteiger partial charge in [-0.05, 0) is 93.5 Å². The van der Waals surface area contributed by atoms with Crippen LogP contribution in [0.5, 0.6) is 0 Å². The third kappa shape index (κ3) is 5.48. The Hall–Kier alpha value is -7.75. The number of pyridine rings is 1. The highest BCUT2D eigenvalue weighted by atomic mass is 15.1. The molecule has 272 valence electrons. The van der Waals surface area contributed by atoms with Crippen molar-refractivity contribution in [1.82, 2.24) is 14.1 Å². The fourth-order valence-electron chi connectivity index (χ4n) is 8.85. The van der Waals surface area contributed by atoms with E-state index in [1.165, 1.54) is 43.8 Å². The van der Waals surface area contributed by atoms with Gasteiger partial charge in [0.15, 0.2) is 0 Å². The van der Waals surface area contributed by atoms with Crippen LogP contribution in [0.15, 0.2) is 213 Å². The fraction of sp³-hybridized carbons (Fsp3) is 0. The van der Waals surface area contributed by atoms with Crippen LogP contribution in [-0.4, -0.2) is 14.1 Å². The second kappa shape index (κ2) is 13.8. The quantitative estimate of drug-likeness (QED) is 0.160. The van der Waals surface area contributed by atoms with E-state index in [-0.39, 0.29) is 0 Å². The maximum absolute atomic E-state index is 5.40. The molecule has 3 heterocycles. The first kappa shape index (κ1) is 33.6. The number of para-hydroxylation sites is 1. The van der Waals surface area contributed by atoms with Gasteiger partial charge in [-0.2, -0.15) is 0 Å². The van der Waals surface area contributed by atoms with Crippen LogP contribution >= 0.6 is 0 Å². The highest BCUT2D eigenvalue weighted by molar-refractivity contribution is 6.22. The van der Waals surface area contributed by atoms with Crippen molar-refractivity contribution in [2.24, 2.45) is 0 Å². The van der Waals surface area contributed by atoms with Crippen molar-refractivity contribution in [3.05, 3.63) is 218 Å². The minimum absolute atomic E-state index is 0.882. The topological polar surface area (TPSA) is 22.8 Å². The summed E-state index contributed by atoms with van der Waals surface area (Å²) in [6.45, 7) is 4.15. The molecular weight excluding hydrogens is 703 g/mol. The summed E-state index contributed by atoms with van der Waals surface area (Å²) >= 11 is 0. The Morgan fingerprint density at radius 1 is 0.379 bits per heavy atom. The zero-order valence-corrected chi connectivity index (χ0v) is 31.8. The molecule has 3 heteroatoms. The van der Waals surface area contributed by atoms with Crippen molar-refractivity contribution >= 4 is 49.7 Å². The first-order valence-corrected chi connectivity index (χ1v) is 19.7. The van der Waals surface area contributed by atoms with Crippen molar-refractivity contribution in [3.8, 4) is 56.1 Å². The van der Waals surface area contributed by atoms with E-state index in [2.05, 4.69) is 222 Å². The van der Waals surface area contributed by atoms with Gasteiger partial charge in [-0.1, -0.05) is 164 Å². The molecule has 0 spiro atoms. The molecule has 0 aliphatic heterocycles. The van der Waals surface area contributed by atoms with E-state index in [0.717, 1.165) is 61.5 Å². The summed E-state index contributed by atoms with van der Waals surface area (Å²) in [5.41, 5.74) is 15.8. The van der Waals surface area contributed by atoms with E-state index >= 15 is 0 Å². The van der Waals surface area contributed by atoms with Gasteiger partial charge in [0.05, 0.1) is 27.8 Å². The zero-order valence-electron chi connectivity index (χ0n) is 31.8. The molecule has 58 heavy (non-hydrogen) atoms. The first-order chi connectivity index (χ1) is 28.7. The summed E-state index contributed by atoms with van der Waals surface area (Å²) in [7, 11) is 0. The van der Waals surface area contributed by atoms with E-state index in [9.17, 15) is 0 Å². The maximum atomic E-state index is 5.40. The average Bonchev–Trinajstić information content (AvgIpc) is 3.83. The van der Waals surface area contributed by atoms with Crippen molar-refractivity contribution < 1.29 is 0 Å². The zero-order chi connectivity index (χ0) is 38.6. The summed E-state index contributed by atoms with van der Waals surface area (Å²) in [5.74, 6) is 0.882. The van der Waals surface area contributed by atoms with Crippen LogP contribution < -0.4 is 0 Å². The van der Waals surface area contributed by atoms with Gasteiger partial charge in [-0.15, -0.1) is 0 Å². The monoisotopic (exact) mass is 739 g/mol. The van der Waals surface area contributed by atoms with Gasteiger partial charge in [-0.3, -0.25) is 4.57 Å². The van der Waals surface area contributed by atoms with E-state index in [1.54, 1.807) is 0 Å². The smallest absolute Gasteiger partial charge is 0.138 e. The standard InChI is InChI=1S/C55H37N3/c1-2-37-31-32-50-47(33-37)55-45(27-15-29-51(55)57(50)43-24-14-23-41(34-43)38-17-6-3-7-18-38)44-26-16-30-52-54(44)46-25-12-13-28-49(46)58(52)53-36-42(39-19-8-4-9-20-39)35-48(56-53)40-21-10-5-11-22-40/h2-36H,1H2. The lowest BCUT2D eigenvalue weighted by atomic mass is 9.95. The van der Waals surface area contributed by atoms with Gasteiger partial charge >= 0.3 is 0 Å². The van der Waals surface area contributed by atoms with E-state index < -0.39 is 0 Å². The molecule has 11 rings (SSSR count). The molecule has 0 saturated carbocycles. The lowest BCUT2D eigenvalue weighted by Gasteiger charge is -2.13. The van der Waals surface area contributed by atoms with E-state index in [0.29, 0.717) is 0 Å². The van der Waals surface area contributed by atoms with E-state index in [1.807, 2.05) is 6.08 Å². The number of hydrogen-bond donors (Lipinski definition) is 0. The van der Waals surface area contributed by atoms with Gasteiger partial charge in [0.2, 0.25) is 0 Å². The Morgan fingerprint density at radius 2 is 0.931 bits per heavy atom. The Morgan fingerprint density at radius 3 is 1.64 bits per heavy atom. The highest BCUT2D eigenvalue weighted by Gasteiger charge is 2.22. The van der Waals surface area contributed by atoms with Crippen LogP contribution in [0.4, 0.5) is 0 Å². The van der Waals surface area contributed by atoms with Crippen molar-refractivity contribution in [2.45, 2.75) is 0 Å². The van der Waals surface area contributed by atoms with Crippen LogP contribution in [0.3, 0.4) is 0 Å². The first-order valence-electron chi connectivity index (χ1n) is 19.7. The molecular formula is C55H37N3. The van der Waals surface area contributed by atoms with Crippen molar-refractivity contribution in [3.63, 3.8) is 0 Å². The second-order valence-electron chi connectivity index (χ2n) is 14.8. The van der Waals surface area contributed by atoms with E-state index in [4.69, 9.17) is 4.98 Å². The average molecular weight is 740 g/mol. The lowest BCUT2D eigenvalue weighted by Crippen LogP contribution is -2.00. The number of rotatable bonds is 7. The van der Waals surface area contributed by atoms with Crippen LogP contribution in [-0.2, 0) is 0 Å². The number of benzene rings is 8. The molecule has 0 aliphatic carbocycles. The largest absolute Gasteiger partial charge is 0.309 e. The summed E-state index contributed by atoms with van der Waals surface area (Å²) in [5, 5.41) is 4.79. The lowest BCUT2D eigenvalue weighted by molar-refractivity contribution is 1.08. The molecule has 0 saturated heterocycles. The number of aromatic nitrogens is 3. The summed E-state index contributed by atoms with van der Waals surface area (Å²) in [4.78, 5) is 5.40. The van der Waals surface area contributed by atoms with Crippen molar-refractivity contribution in [1.29, 1.82) is 0 Å². The van der Waals surface area contributed by atoms with Crippen LogP contribution in [0, 0.1) is 0 Å². The minimum Gasteiger partial charge on any atom is -0.309 e. The number of nitrogens with zero attached hydrogens (tertiary/aromatic N) is 3. The molecule has 0 amide bonds. The van der Waals surface area contributed by atoms with Gasteiger partial charge in [0.25, 0.3) is 0 Å². The number of fused-ring (bicyclic) bond motifs is 6. The van der Waals surface area contributed by atoms with Gasteiger partial charge < -0.3 is 4.57 Å². The maximum Gasteiger partial charge on any atom is 0.138 e. The van der Waals surface area contributed by atoms with Crippen LogP contribution in [0.25, 0.3) is 106 Å². The second-order valence-corrected chi connectivity index (χ2v) is 14.8. The Kier molecular flexibility index (Phi) is 7.97. The third-order valence-electron chi connectivity index (χ3n) is 11.5. The Bertz CT molecular complexity index is 3280. The predicted molar refractivity (Wildman–Crippen MR) is 245 cm³/mol. The minimum atomic E-state index is 0.882. The third-order valence-corrected chi connectivity index (χ3v) is 11.5. The molecule has 8 aromatic carbocycles.